The van der Waals surface area contributed by atoms with Gasteiger partial charge >= 0.3 is 0 Å². The number of rotatable bonds is 5. The average Bonchev–Trinajstić information content (AvgIpc) is 2.89. The molecule has 0 amide bonds. The molecule has 0 aliphatic carbocycles. The molecule has 0 radical (unpaired) electrons. The van der Waals surface area contributed by atoms with Crippen LogP contribution in [0.1, 0.15) is 42.9 Å². The first-order valence-electron chi connectivity index (χ1n) is 6.72. The van der Waals surface area contributed by atoms with E-state index in [0.717, 1.165) is 30.8 Å². The number of aryl methyl sites for hydroxylation is 1. The van der Waals surface area contributed by atoms with Crippen LogP contribution < -0.4 is 10.5 Å². The molecule has 3 heteroatoms. The highest BCUT2D eigenvalue weighted by Gasteiger charge is 2.18. The van der Waals surface area contributed by atoms with E-state index in [1.165, 1.54) is 18.4 Å². The van der Waals surface area contributed by atoms with Gasteiger partial charge in [-0.2, -0.15) is 0 Å². The molecule has 1 saturated heterocycles. The Morgan fingerprint density at radius 1 is 1.50 bits per heavy atom. The molecule has 1 heterocycles. The number of ether oxygens (including phenoxy) is 2. The molecule has 18 heavy (non-hydrogen) atoms. The number of hydrogen-bond donors (Lipinski definition) is 1. The van der Waals surface area contributed by atoms with Crippen molar-refractivity contribution >= 4 is 0 Å². The zero-order chi connectivity index (χ0) is 13.0. The van der Waals surface area contributed by atoms with Gasteiger partial charge in [-0.15, -0.1) is 0 Å². The molecule has 0 spiro atoms. The second-order valence-electron chi connectivity index (χ2n) is 5.06. The lowest BCUT2D eigenvalue weighted by Gasteiger charge is -2.18. The minimum atomic E-state index is 0.0315. The maximum absolute atomic E-state index is 6.28. The van der Waals surface area contributed by atoms with Gasteiger partial charge in [0.15, 0.2) is 0 Å². The Balaban J connectivity index is 1.98. The Morgan fingerprint density at radius 2 is 2.33 bits per heavy atom. The molecular weight excluding hydrogens is 226 g/mol. The maximum atomic E-state index is 6.28. The molecule has 1 aliphatic rings. The highest BCUT2D eigenvalue weighted by atomic mass is 16.5. The van der Waals surface area contributed by atoms with Crippen molar-refractivity contribution in [2.24, 2.45) is 5.73 Å². The SMILES string of the molecule is COc1ccc(C)cc1C(N)CCC1CCCO1. The fourth-order valence-electron chi connectivity index (χ4n) is 2.54. The monoisotopic (exact) mass is 249 g/mol. The molecule has 1 aromatic rings. The molecule has 2 rings (SSSR count). The number of hydrogen-bond acceptors (Lipinski definition) is 3. The van der Waals surface area contributed by atoms with Crippen LogP contribution in [0, 0.1) is 6.92 Å². The quantitative estimate of drug-likeness (QED) is 0.872. The molecule has 1 aromatic carbocycles. The van der Waals surface area contributed by atoms with Crippen molar-refractivity contribution in [1.29, 1.82) is 0 Å². The molecule has 0 saturated carbocycles. The van der Waals surface area contributed by atoms with Crippen LogP contribution in [0.5, 0.6) is 5.75 Å². The highest BCUT2D eigenvalue weighted by molar-refractivity contribution is 5.38. The third-order valence-electron chi connectivity index (χ3n) is 3.61. The summed E-state index contributed by atoms with van der Waals surface area (Å²) in [6.07, 6.45) is 4.76. The van der Waals surface area contributed by atoms with Gasteiger partial charge in [0.25, 0.3) is 0 Å². The third-order valence-corrected chi connectivity index (χ3v) is 3.61. The topological polar surface area (TPSA) is 44.5 Å². The molecule has 2 atom stereocenters. The van der Waals surface area contributed by atoms with Crippen molar-refractivity contribution in [3.63, 3.8) is 0 Å². The zero-order valence-electron chi connectivity index (χ0n) is 11.3. The maximum Gasteiger partial charge on any atom is 0.123 e. The summed E-state index contributed by atoms with van der Waals surface area (Å²) >= 11 is 0. The zero-order valence-corrected chi connectivity index (χ0v) is 11.3. The number of nitrogens with two attached hydrogens (primary N) is 1. The first kappa shape index (κ1) is 13.4. The first-order valence-corrected chi connectivity index (χ1v) is 6.72. The molecular formula is C15H23NO2. The van der Waals surface area contributed by atoms with Gasteiger partial charge in [-0.3, -0.25) is 0 Å². The first-order chi connectivity index (χ1) is 8.70. The summed E-state index contributed by atoms with van der Waals surface area (Å²) in [7, 11) is 1.70. The van der Waals surface area contributed by atoms with E-state index in [-0.39, 0.29) is 6.04 Å². The lowest BCUT2D eigenvalue weighted by molar-refractivity contribution is 0.101. The van der Waals surface area contributed by atoms with Crippen LogP contribution >= 0.6 is 0 Å². The average molecular weight is 249 g/mol. The fourth-order valence-corrected chi connectivity index (χ4v) is 2.54. The smallest absolute Gasteiger partial charge is 0.123 e. The molecule has 1 fully saturated rings. The lowest BCUT2D eigenvalue weighted by Crippen LogP contribution is -2.15. The highest BCUT2D eigenvalue weighted by Crippen LogP contribution is 2.29. The predicted octanol–water partition coefficient (Wildman–Crippen LogP) is 2.96. The second kappa shape index (κ2) is 6.21. The lowest BCUT2D eigenvalue weighted by atomic mass is 9.98. The molecule has 2 unspecified atom stereocenters. The van der Waals surface area contributed by atoms with Crippen molar-refractivity contribution in [2.75, 3.05) is 13.7 Å². The summed E-state index contributed by atoms with van der Waals surface area (Å²) in [5.41, 5.74) is 8.61. The Bertz CT molecular complexity index is 386. The van der Waals surface area contributed by atoms with Gasteiger partial charge in [-0.05, 0) is 38.7 Å². The molecule has 1 aliphatic heterocycles. The summed E-state index contributed by atoms with van der Waals surface area (Å²) in [5, 5.41) is 0. The third kappa shape index (κ3) is 3.24. The van der Waals surface area contributed by atoms with E-state index >= 15 is 0 Å². The Morgan fingerprint density at radius 3 is 3.00 bits per heavy atom. The summed E-state index contributed by atoms with van der Waals surface area (Å²) in [4.78, 5) is 0. The Hall–Kier alpha value is -1.06. The Labute approximate surface area is 109 Å². The van der Waals surface area contributed by atoms with E-state index in [1.807, 2.05) is 6.07 Å². The fraction of sp³-hybridized carbons (Fsp3) is 0.600. The van der Waals surface area contributed by atoms with E-state index in [4.69, 9.17) is 15.2 Å². The van der Waals surface area contributed by atoms with E-state index < -0.39 is 0 Å². The van der Waals surface area contributed by atoms with Gasteiger partial charge < -0.3 is 15.2 Å². The van der Waals surface area contributed by atoms with Crippen molar-refractivity contribution in [3.05, 3.63) is 29.3 Å². The summed E-state index contributed by atoms with van der Waals surface area (Å²) in [6, 6.07) is 6.20. The second-order valence-corrected chi connectivity index (χ2v) is 5.06. The van der Waals surface area contributed by atoms with E-state index in [0.29, 0.717) is 6.10 Å². The number of methoxy groups -OCH3 is 1. The van der Waals surface area contributed by atoms with Gasteiger partial charge in [-0.1, -0.05) is 17.7 Å². The van der Waals surface area contributed by atoms with Gasteiger partial charge in [0, 0.05) is 18.2 Å². The van der Waals surface area contributed by atoms with Crippen molar-refractivity contribution in [1.82, 2.24) is 0 Å². The molecule has 0 aromatic heterocycles. The van der Waals surface area contributed by atoms with Crippen LogP contribution in [0.15, 0.2) is 18.2 Å². The Kier molecular flexibility index (Phi) is 4.61. The predicted molar refractivity (Wildman–Crippen MR) is 72.9 cm³/mol. The van der Waals surface area contributed by atoms with Crippen LogP contribution in [0.2, 0.25) is 0 Å². The molecule has 100 valence electrons. The molecule has 2 N–H and O–H groups in total. The number of benzene rings is 1. The molecule has 3 nitrogen and oxygen atoms in total. The van der Waals surface area contributed by atoms with Gasteiger partial charge in [0.05, 0.1) is 13.2 Å². The summed E-state index contributed by atoms with van der Waals surface area (Å²) in [5.74, 6) is 0.889. The van der Waals surface area contributed by atoms with Crippen molar-refractivity contribution < 1.29 is 9.47 Å². The van der Waals surface area contributed by atoms with Gasteiger partial charge in [-0.25, -0.2) is 0 Å². The largest absolute Gasteiger partial charge is 0.496 e. The van der Waals surface area contributed by atoms with Crippen LogP contribution in [0.4, 0.5) is 0 Å². The van der Waals surface area contributed by atoms with Gasteiger partial charge in [0.2, 0.25) is 0 Å². The summed E-state index contributed by atoms with van der Waals surface area (Å²) < 4.78 is 11.0. The normalized spacial score (nSPS) is 20.9. The van der Waals surface area contributed by atoms with Crippen LogP contribution in [-0.2, 0) is 4.74 Å². The van der Waals surface area contributed by atoms with Crippen molar-refractivity contribution in [2.45, 2.75) is 44.8 Å². The van der Waals surface area contributed by atoms with E-state index in [1.54, 1.807) is 7.11 Å². The minimum Gasteiger partial charge on any atom is -0.496 e. The van der Waals surface area contributed by atoms with Crippen LogP contribution in [0.25, 0.3) is 0 Å². The van der Waals surface area contributed by atoms with E-state index in [2.05, 4.69) is 19.1 Å². The molecule has 0 bridgehead atoms. The minimum absolute atomic E-state index is 0.0315. The summed E-state index contributed by atoms with van der Waals surface area (Å²) in [6.45, 7) is 2.99. The van der Waals surface area contributed by atoms with Gasteiger partial charge in [0.1, 0.15) is 5.75 Å². The standard InChI is InChI=1S/C15H23NO2/c1-11-5-8-15(17-2)13(10-11)14(16)7-6-12-4-3-9-18-12/h5,8,10,12,14H,3-4,6-7,9,16H2,1-2H3. The van der Waals surface area contributed by atoms with Crippen molar-refractivity contribution in [3.8, 4) is 5.75 Å². The van der Waals surface area contributed by atoms with E-state index in [9.17, 15) is 0 Å². The van der Waals surface area contributed by atoms with Crippen LogP contribution in [-0.4, -0.2) is 19.8 Å². The van der Waals surface area contributed by atoms with Crippen LogP contribution in [0.3, 0.4) is 0 Å².